The van der Waals surface area contributed by atoms with Gasteiger partial charge in [0.1, 0.15) is 0 Å². The van der Waals surface area contributed by atoms with Gasteiger partial charge in [-0.05, 0) is 70.1 Å². The van der Waals surface area contributed by atoms with E-state index in [0.717, 1.165) is 32.8 Å². The number of alkyl halides is 1. The molecule has 264 valence electrons. The molecule has 2 fully saturated rings. The van der Waals surface area contributed by atoms with Crippen LogP contribution >= 0.6 is 34.3 Å². The molecule has 2 saturated heterocycles. The van der Waals surface area contributed by atoms with Crippen molar-refractivity contribution in [1.29, 1.82) is 0 Å². The fourth-order valence-electron chi connectivity index (χ4n) is 6.58. The number of rotatable bonds is 10. The number of aryl methyl sites for hydroxylation is 2. The van der Waals surface area contributed by atoms with Gasteiger partial charge in [0, 0.05) is 35.9 Å². The summed E-state index contributed by atoms with van der Waals surface area (Å²) in [7, 11) is 0. The Morgan fingerprint density at radius 2 is 0.980 bits per heavy atom. The van der Waals surface area contributed by atoms with Crippen molar-refractivity contribution in [2.45, 2.75) is 50.6 Å². The highest BCUT2D eigenvalue weighted by Gasteiger charge is 2.35. The van der Waals surface area contributed by atoms with Crippen LogP contribution in [0.2, 0.25) is 0 Å². The standard InChI is InChI=1S/C22H23NOS.C16H17NO.C6H7ClS/c1-17-12-21(25-16-17)15-24-20-13-23(14-20)22(18-8-4-2-5-9-18)19-10-6-3-7-11-19;18-15-11-17(12-15)16(13-7-3-1-4-8-13)14-9-5-2-6-10-14;1-5-2-6(3-7)8-4-5/h2-12,16,20,22H,13-15H2,1H3;1-10,15-16,18H,11-12H2;2,4H,3H2,1H3. The molecule has 0 aliphatic carbocycles. The van der Waals surface area contributed by atoms with E-state index in [-0.39, 0.29) is 12.1 Å². The predicted molar refractivity (Wildman–Crippen MR) is 215 cm³/mol. The smallest absolute Gasteiger partial charge is 0.0834 e. The van der Waals surface area contributed by atoms with Crippen LogP contribution in [0, 0.1) is 13.8 Å². The van der Waals surface area contributed by atoms with Gasteiger partial charge in [0.05, 0.1) is 36.8 Å². The first-order chi connectivity index (χ1) is 25.0. The van der Waals surface area contributed by atoms with Crippen LogP contribution in [0.5, 0.6) is 0 Å². The molecule has 0 bridgehead atoms. The van der Waals surface area contributed by atoms with Crippen LogP contribution in [0.3, 0.4) is 0 Å². The van der Waals surface area contributed by atoms with Gasteiger partial charge in [0.2, 0.25) is 0 Å². The van der Waals surface area contributed by atoms with Crippen LogP contribution < -0.4 is 0 Å². The van der Waals surface area contributed by atoms with Crippen LogP contribution in [-0.4, -0.2) is 53.3 Å². The summed E-state index contributed by atoms with van der Waals surface area (Å²) in [5.41, 5.74) is 7.91. The summed E-state index contributed by atoms with van der Waals surface area (Å²) in [6.07, 6.45) is 0.164. The lowest BCUT2D eigenvalue weighted by molar-refractivity contribution is -0.0733. The number of hydrogen-bond donors (Lipinski definition) is 1. The topological polar surface area (TPSA) is 35.9 Å². The van der Waals surface area contributed by atoms with Gasteiger partial charge in [0.25, 0.3) is 0 Å². The lowest BCUT2D eigenvalue weighted by Crippen LogP contribution is -2.53. The molecule has 4 heterocycles. The summed E-state index contributed by atoms with van der Waals surface area (Å²) in [6.45, 7) is 8.43. The number of nitrogens with zero attached hydrogens (tertiary/aromatic N) is 2. The summed E-state index contributed by atoms with van der Waals surface area (Å²) < 4.78 is 6.10. The molecular weight excluding hydrogens is 688 g/mol. The first-order valence-corrected chi connectivity index (χ1v) is 19.9. The van der Waals surface area contributed by atoms with E-state index in [1.54, 1.807) is 22.7 Å². The number of hydrogen-bond acceptors (Lipinski definition) is 6. The number of aliphatic hydroxyl groups is 1. The Hall–Kier alpha value is -3.59. The molecule has 0 unspecified atom stereocenters. The molecule has 7 heteroatoms. The molecule has 2 aromatic heterocycles. The lowest BCUT2D eigenvalue weighted by atomic mass is 9.94. The Labute approximate surface area is 316 Å². The second-order valence-corrected chi connectivity index (χ2v) is 15.5. The highest BCUT2D eigenvalue weighted by atomic mass is 35.5. The zero-order valence-electron chi connectivity index (χ0n) is 29.4. The molecule has 51 heavy (non-hydrogen) atoms. The predicted octanol–water partition coefficient (Wildman–Crippen LogP) is 10.3. The van der Waals surface area contributed by atoms with Crippen LogP contribution in [0.25, 0.3) is 0 Å². The Bertz CT molecular complexity index is 1780. The number of halogens is 1. The minimum absolute atomic E-state index is 0.167. The minimum atomic E-state index is -0.167. The SMILES string of the molecule is Cc1csc(CCl)c1.Cc1csc(COC2CN(C(c3ccccc3)c3ccccc3)C2)c1.OC1CN(C(c2ccccc2)c2ccccc2)C1. The number of likely N-dealkylation sites (tertiary alicyclic amines) is 2. The van der Waals surface area contributed by atoms with Crippen molar-refractivity contribution in [2.24, 2.45) is 0 Å². The molecule has 0 saturated carbocycles. The molecule has 2 aliphatic rings. The second kappa shape index (κ2) is 18.8. The van der Waals surface area contributed by atoms with E-state index in [2.05, 4.69) is 156 Å². The molecule has 0 spiro atoms. The van der Waals surface area contributed by atoms with Gasteiger partial charge < -0.3 is 9.84 Å². The van der Waals surface area contributed by atoms with Crippen LogP contribution in [0.1, 0.15) is 55.2 Å². The maximum Gasteiger partial charge on any atom is 0.0834 e. The molecule has 2 aliphatic heterocycles. The van der Waals surface area contributed by atoms with Gasteiger partial charge in [-0.1, -0.05) is 121 Å². The van der Waals surface area contributed by atoms with Gasteiger partial charge in [-0.15, -0.1) is 34.3 Å². The van der Waals surface area contributed by atoms with Crippen molar-refractivity contribution < 1.29 is 9.84 Å². The summed E-state index contributed by atoms with van der Waals surface area (Å²) in [6, 6.07) is 47.4. The van der Waals surface area contributed by atoms with Crippen molar-refractivity contribution >= 4 is 34.3 Å². The minimum Gasteiger partial charge on any atom is -0.390 e. The molecule has 0 atom stereocenters. The third kappa shape index (κ3) is 10.5. The molecule has 1 N–H and O–H groups in total. The highest BCUT2D eigenvalue weighted by molar-refractivity contribution is 7.10. The fourth-order valence-corrected chi connectivity index (χ4v) is 8.36. The van der Waals surface area contributed by atoms with Crippen molar-refractivity contribution in [3.8, 4) is 0 Å². The molecule has 4 aromatic carbocycles. The highest BCUT2D eigenvalue weighted by Crippen LogP contribution is 2.34. The Morgan fingerprint density at radius 1 is 0.608 bits per heavy atom. The molecule has 0 radical (unpaired) electrons. The Morgan fingerprint density at radius 3 is 1.29 bits per heavy atom. The van der Waals surface area contributed by atoms with E-state index in [1.165, 1.54) is 43.1 Å². The summed E-state index contributed by atoms with van der Waals surface area (Å²) >= 11 is 9.06. The normalized spacial score (nSPS) is 15.0. The number of benzene rings is 4. The largest absolute Gasteiger partial charge is 0.390 e. The molecule has 8 rings (SSSR count). The number of aliphatic hydroxyl groups excluding tert-OH is 1. The molecule has 6 aromatic rings. The third-order valence-corrected chi connectivity index (χ3v) is 11.7. The summed E-state index contributed by atoms with van der Waals surface area (Å²) in [4.78, 5) is 7.40. The first-order valence-electron chi connectivity index (χ1n) is 17.6. The van der Waals surface area contributed by atoms with Gasteiger partial charge in [-0.3, -0.25) is 9.80 Å². The Kier molecular flexibility index (Phi) is 13.7. The fraction of sp³-hybridized carbons (Fsp3) is 0.273. The molecule has 4 nitrogen and oxygen atoms in total. The van der Waals surface area contributed by atoms with E-state index in [4.69, 9.17) is 16.3 Å². The zero-order chi connectivity index (χ0) is 35.4. The summed E-state index contributed by atoms with van der Waals surface area (Å²) in [5.74, 6) is 0.651. The van der Waals surface area contributed by atoms with Crippen molar-refractivity contribution in [3.63, 3.8) is 0 Å². The number of thiophene rings is 2. The number of ether oxygens (including phenoxy) is 1. The monoisotopic (exact) mass is 734 g/mol. The van der Waals surface area contributed by atoms with Gasteiger partial charge in [0.15, 0.2) is 0 Å². The molecule has 0 amide bonds. The quantitative estimate of drug-likeness (QED) is 0.142. The van der Waals surface area contributed by atoms with Gasteiger partial charge in [-0.25, -0.2) is 0 Å². The molecular formula is C44H47ClN2O2S2. The third-order valence-electron chi connectivity index (χ3n) is 9.12. The maximum absolute atomic E-state index is 9.52. The average Bonchev–Trinajstić information content (AvgIpc) is 3.77. The van der Waals surface area contributed by atoms with E-state index in [1.807, 2.05) is 12.1 Å². The van der Waals surface area contributed by atoms with Crippen LogP contribution in [0.15, 0.2) is 144 Å². The lowest BCUT2D eigenvalue weighted by Gasteiger charge is -2.44. The van der Waals surface area contributed by atoms with Crippen LogP contribution in [0.4, 0.5) is 0 Å². The van der Waals surface area contributed by atoms with Crippen LogP contribution in [-0.2, 0) is 17.2 Å². The van der Waals surface area contributed by atoms with E-state index >= 15 is 0 Å². The van der Waals surface area contributed by atoms with Gasteiger partial charge in [-0.2, -0.15) is 0 Å². The van der Waals surface area contributed by atoms with E-state index in [0.29, 0.717) is 18.0 Å². The average molecular weight is 735 g/mol. The Balaban J connectivity index is 0.000000150. The van der Waals surface area contributed by atoms with E-state index < -0.39 is 0 Å². The number of β-amino-alcohol motifs (C(OH)–C–C–N with tert-alkyl or cyclic N) is 1. The maximum atomic E-state index is 9.52. The van der Waals surface area contributed by atoms with Gasteiger partial charge >= 0.3 is 0 Å². The summed E-state index contributed by atoms with van der Waals surface area (Å²) in [5, 5.41) is 13.8. The zero-order valence-corrected chi connectivity index (χ0v) is 31.7. The van der Waals surface area contributed by atoms with Crippen molar-refractivity contribution in [3.05, 3.63) is 187 Å². The first kappa shape index (κ1) is 37.2. The van der Waals surface area contributed by atoms with Crippen molar-refractivity contribution in [2.75, 3.05) is 26.2 Å². The van der Waals surface area contributed by atoms with E-state index in [9.17, 15) is 5.11 Å². The second-order valence-electron chi connectivity index (χ2n) is 13.3. The van der Waals surface area contributed by atoms with Crippen molar-refractivity contribution in [1.82, 2.24) is 9.80 Å².